The van der Waals surface area contributed by atoms with E-state index in [4.69, 9.17) is 0 Å². The number of anilines is 1. The summed E-state index contributed by atoms with van der Waals surface area (Å²) in [6, 6.07) is 16.0. The van der Waals surface area contributed by atoms with Crippen LogP contribution in [0.1, 0.15) is 80.3 Å². The third kappa shape index (κ3) is 6.69. The Morgan fingerprint density at radius 2 is 1.47 bits per heavy atom. The Labute approximate surface area is 193 Å². The van der Waals surface area contributed by atoms with Gasteiger partial charge in [0.1, 0.15) is 0 Å². The molecule has 2 aromatic carbocycles. The van der Waals surface area contributed by atoms with Crippen molar-refractivity contribution < 1.29 is 9.59 Å². The zero-order chi connectivity index (χ0) is 22.9. The zero-order valence-corrected chi connectivity index (χ0v) is 20.0. The van der Waals surface area contributed by atoms with Gasteiger partial charge in [0, 0.05) is 37.3 Å². The highest BCUT2D eigenvalue weighted by molar-refractivity contribution is 5.95. The molecule has 2 aromatic rings. The van der Waals surface area contributed by atoms with E-state index in [0.717, 1.165) is 61.2 Å². The van der Waals surface area contributed by atoms with Gasteiger partial charge in [-0.05, 0) is 49.4 Å². The summed E-state index contributed by atoms with van der Waals surface area (Å²) < 4.78 is 0. The highest BCUT2D eigenvalue weighted by Gasteiger charge is 2.22. The predicted molar refractivity (Wildman–Crippen MR) is 132 cm³/mol. The summed E-state index contributed by atoms with van der Waals surface area (Å²) in [5.74, 6) is 0.562. The van der Waals surface area contributed by atoms with Gasteiger partial charge in [0.25, 0.3) is 5.91 Å². The number of fused-ring (bicyclic) bond motifs is 1. The molecule has 4 heteroatoms. The number of carbonyl (C=O) groups excluding carboxylic acids is 2. The van der Waals surface area contributed by atoms with Gasteiger partial charge in [0.05, 0.1) is 0 Å². The number of para-hydroxylation sites is 1. The first-order valence-corrected chi connectivity index (χ1v) is 12.2. The van der Waals surface area contributed by atoms with E-state index in [9.17, 15) is 9.59 Å². The van der Waals surface area contributed by atoms with Crippen LogP contribution in [-0.2, 0) is 11.3 Å². The average Bonchev–Trinajstić information content (AvgIpc) is 2.78. The third-order valence-electron chi connectivity index (χ3n) is 6.17. The standard InChI is InChI=1S/C28H38N2O2/c1-22(2)20-27(31)30-19-11-7-5-4-6-10-18-29(21-25-12-8-9-13-26(25)30)28(32)24-16-14-23(3)15-17-24/h8-9,12-17,22H,4-7,10-11,18-21H2,1-3H3. The largest absolute Gasteiger partial charge is 0.334 e. The minimum absolute atomic E-state index is 0.0646. The number of carbonyl (C=O) groups is 2. The van der Waals surface area contributed by atoms with Crippen LogP contribution in [0.5, 0.6) is 0 Å². The van der Waals surface area contributed by atoms with Crippen molar-refractivity contribution in [2.45, 2.75) is 72.3 Å². The first-order chi connectivity index (χ1) is 15.5. The average molecular weight is 435 g/mol. The van der Waals surface area contributed by atoms with Crippen LogP contribution in [0.15, 0.2) is 48.5 Å². The van der Waals surface area contributed by atoms with E-state index >= 15 is 0 Å². The molecule has 2 amide bonds. The molecule has 0 fully saturated rings. The highest BCUT2D eigenvalue weighted by Crippen LogP contribution is 2.26. The summed E-state index contributed by atoms with van der Waals surface area (Å²) in [5.41, 5.74) is 3.88. The third-order valence-corrected chi connectivity index (χ3v) is 6.17. The van der Waals surface area contributed by atoms with Crippen molar-refractivity contribution >= 4 is 17.5 Å². The Morgan fingerprint density at radius 1 is 0.844 bits per heavy atom. The lowest BCUT2D eigenvalue weighted by Gasteiger charge is -2.29. The smallest absolute Gasteiger partial charge is 0.254 e. The van der Waals surface area contributed by atoms with E-state index < -0.39 is 0 Å². The minimum atomic E-state index is 0.0646. The first kappa shape index (κ1) is 24.0. The summed E-state index contributed by atoms with van der Waals surface area (Å²) in [6.45, 7) is 8.22. The van der Waals surface area contributed by atoms with E-state index in [0.29, 0.717) is 18.9 Å². The van der Waals surface area contributed by atoms with E-state index in [1.807, 2.05) is 59.2 Å². The zero-order valence-electron chi connectivity index (χ0n) is 20.0. The molecule has 0 bridgehead atoms. The highest BCUT2D eigenvalue weighted by atomic mass is 16.2. The number of aryl methyl sites for hydroxylation is 1. The molecule has 0 radical (unpaired) electrons. The van der Waals surface area contributed by atoms with Crippen LogP contribution in [0.4, 0.5) is 5.69 Å². The van der Waals surface area contributed by atoms with Crippen molar-refractivity contribution in [3.05, 3.63) is 65.2 Å². The van der Waals surface area contributed by atoms with Gasteiger partial charge < -0.3 is 9.80 Å². The second-order valence-electron chi connectivity index (χ2n) is 9.49. The molecule has 1 heterocycles. The molecule has 0 atom stereocenters. The van der Waals surface area contributed by atoms with Gasteiger partial charge in [0.15, 0.2) is 0 Å². The fourth-order valence-electron chi connectivity index (χ4n) is 4.36. The number of hydrogen-bond donors (Lipinski definition) is 0. The fourth-order valence-corrected chi connectivity index (χ4v) is 4.36. The normalized spacial score (nSPS) is 16.0. The lowest BCUT2D eigenvalue weighted by atomic mass is 10.1. The Bertz CT molecular complexity index is 889. The quantitative estimate of drug-likeness (QED) is 0.563. The molecule has 4 nitrogen and oxygen atoms in total. The maximum Gasteiger partial charge on any atom is 0.254 e. The van der Waals surface area contributed by atoms with Gasteiger partial charge in [0.2, 0.25) is 5.91 Å². The van der Waals surface area contributed by atoms with Gasteiger partial charge in [-0.15, -0.1) is 0 Å². The second-order valence-corrected chi connectivity index (χ2v) is 9.49. The Balaban J connectivity index is 1.93. The molecule has 1 aliphatic rings. The van der Waals surface area contributed by atoms with Gasteiger partial charge in [-0.3, -0.25) is 9.59 Å². The number of hydrogen-bond acceptors (Lipinski definition) is 2. The molecule has 0 aromatic heterocycles. The molecule has 0 spiro atoms. The molecular weight excluding hydrogens is 396 g/mol. The maximum absolute atomic E-state index is 13.4. The van der Waals surface area contributed by atoms with Crippen LogP contribution in [0.2, 0.25) is 0 Å². The Kier molecular flexibility index (Phi) is 8.90. The van der Waals surface area contributed by atoms with Gasteiger partial charge in [-0.25, -0.2) is 0 Å². The maximum atomic E-state index is 13.4. The topological polar surface area (TPSA) is 40.6 Å². The number of amides is 2. The molecule has 3 rings (SSSR count). The lowest BCUT2D eigenvalue weighted by molar-refractivity contribution is -0.119. The minimum Gasteiger partial charge on any atom is -0.334 e. The lowest BCUT2D eigenvalue weighted by Crippen LogP contribution is -2.35. The molecule has 0 aliphatic carbocycles. The van der Waals surface area contributed by atoms with Crippen LogP contribution < -0.4 is 4.90 Å². The molecule has 0 saturated carbocycles. The Hall–Kier alpha value is -2.62. The summed E-state index contributed by atoms with van der Waals surface area (Å²) >= 11 is 0. The number of rotatable bonds is 3. The second kappa shape index (κ2) is 11.8. The fraction of sp³-hybridized carbons (Fsp3) is 0.500. The van der Waals surface area contributed by atoms with E-state index in [1.165, 1.54) is 12.8 Å². The van der Waals surface area contributed by atoms with Crippen LogP contribution in [0, 0.1) is 12.8 Å². The van der Waals surface area contributed by atoms with Gasteiger partial charge in [-0.2, -0.15) is 0 Å². The molecule has 172 valence electrons. The van der Waals surface area contributed by atoms with Crippen LogP contribution in [0.3, 0.4) is 0 Å². The van der Waals surface area contributed by atoms with E-state index in [2.05, 4.69) is 19.9 Å². The monoisotopic (exact) mass is 434 g/mol. The van der Waals surface area contributed by atoms with Crippen molar-refractivity contribution in [1.29, 1.82) is 0 Å². The molecular formula is C28H38N2O2. The van der Waals surface area contributed by atoms with Crippen molar-refractivity contribution in [3.8, 4) is 0 Å². The summed E-state index contributed by atoms with van der Waals surface area (Å²) in [5, 5.41) is 0. The van der Waals surface area contributed by atoms with Gasteiger partial charge in [-0.1, -0.05) is 75.4 Å². The van der Waals surface area contributed by atoms with Gasteiger partial charge >= 0.3 is 0 Å². The van der Waals surface area contributed by atoms with E-state index in [-0.39, 0.29) is 11.8 Å². The molecule has 0 saturated heterocycles. The van der Waals surface area contributed by atoms with Crippen molar-refractivity contribution in [3.63, 3.8) is 0 Å². The molecule has 0 unspecified atom stereocenters. The molecule has 32 heavy (non-hydrogen) atoms. The predicted octanol–water partition coefficient (Wildman–Crippen LogP) is 6.37. The van der Waals surface area contributed by atoms with Crippen molar-refractivity contribution in [2.75, 3.05) is 18.0 Å². The summed E-state index contributed by atoms with van der Waals surface area (Å²) in [4.78, 5) is 30.5. The van der Waals surface area contributed by atoms with Crippen LogP contribution >= 0.6 is 0 Å². The van der Waals surface area contributed by atoms with Crippen molar-refractivity contribution in [2.24, 2.45) is 5.92 Å². The van der Waals surface area contributed by atoms with Crippen LogP contribution in [0.25, 0.3) is 0 Å². The molecule has 1 aliphatic heterocycles. The van der Waals surface area contributed by atoms with E-state index in [1.54, 1.807) is 0 Å². The van der Waals surface area contributed by atoms with Crippen LogP contribution in [-0.4, -0.2) is 29.8 Å². The Morgan fingerprint density at radius 3 is 2.16 bits per heavy atom. The summed E-state index contributed by atoms with van der Waals surface area (Å²) in [6.07, 6.45) is 7.20. The SMILES string of the molecule is Cc1ccc(C(=O)N2CCCCCCCCN(C(=O)CC(C)C)c3ccccc3C2)cc1. The van der Waals surface area contributed by atoms with Crippen molar-refractivity contribution in [1.82, 2.24) is 4.90 Å². The molecule has 0 N–H and O–H groups in total. The first-order valence-electron chi connectivity index (χ1n) is 12.2. The number of nitrogens with zero attached hydrogens (tertiary/aromatic N) is 2. The summed E-state index contributed by atoms with van der Waals surface area (Å²) in [7, 11) is 0. The number of benzene rings is 2.